The number of hydrogen-bond acceptors (Lipinski definition) is 4. The number of guanidine groups is 1. The Balaban J connectivity index is 1.86. The van der Waals surface area contributed by atoms with Crippen molar-refractivity contribution in [1.29, 1.82) is 0 Å². The topological polar surface area (TPSA) is 78.1 Å². The van der Waals surface area contributed by atoms with Crippen LogP contribution in [0.3, 0.4) is 0 Å². The SMILES string of the molecule is COCCCOc1cccc(CN=C(N)Nc2ccc(OC(F)(F)F)cc2)c1. The summed E-state index contributed by atoms with van der Waals surface area (Å²) in [5.41, 5.74) is 7.22. The Morgan fingerprint density at radius 2 is 1.82 bits per heavy atom. The fraction of sp³-hybridized carbons (Fsp3) is 0.316. The minimum absolute atomic E-state index is 0.135. The van der Waals surface area contributed by atoms with E-state index in [1.807, 2.05) is 24.3 Å². The first-order valence-electron chi connectivity index (χ1n) is 8.49. The predicted molar refractivity (Wildman–Crippen MR) is 101 cm³/mol. The van der Waals surface area contributed by atoms with Crippen LogP contribution in [0.2, 0.25) is 0 Å². The van der Waals surface area contributed by atoms with Crippen LogP contribution in [0.4, 0.5) is 18.9 Å². The van der Waals surface area contributed by atoms with Gasteiger partial charge in [-0.15, -0.1) is 13.2 Å². The second-order valence-corrected chi connectivity index (χ2v) is 5.74. The van der Waals surface area contributed by atoms with E-state index in [0.717, 1.165) is 17.7 Å². The largest absolute Gasteiger partial charge is 0.573 e. The van der Waals surface area contributed by atoms with Gasteiger partial charge in [0.25, 0.3) is 0 Å². The monoisotopic (exact) mass is 397 g/mol. The molecule has 0 atom stereocenters. The fourth-order valence-corrected chi connectivity index (χ4v) is 2.23. The third kappa shape index (κ3) is 8.17. The van der Waals surface area contributed by atoms with E-state index in [9.17, 15) is 13.2 Å². The Hall–Kier alpha value is -2.94. The van der Waals surface area contributed by atoms with Crippen molar-refractivity contribution in [1.82, 2.24) is 0 Å². The maximum atomic E-state index is 12.2. The van der Waals surface area contributed by atoms with Gasteiger partial charge in [0.1, 0.15) is 11.5 Å². The highest BCUT2D eigenvalue weighted by Crippen LogP contribution is 2.23. The Morgan fingerprint density at radius 1 is 1.07 bits per heavy atom. The predicted octanol–water partition coefficient (Wildman–Crippen LogP) is 3.93. The number of halogens is 3. The Morgan fingerprint density at radius 3 is 2.50 bits per heavy atom. The van der Waals surface area contributed by atoms with Crippen molar-refractivity contribution in [3.63, 3.8) is 0 Å². The van der Waals surface area contributed by atoms with Crippen molar-refractivity contribution in [2.75, 3.05) is 25.6 Å². The van der Waals surface area contributed by atoms with E-state index in [1.165, 1.54) is 24.3 Å². The number of alkyl halides is 3. The molecule has 0 saturated heterocycles. The van der Waals surface area contributed by atoms with Crippen LogP contribution in [0.15, 0.2) is 53.5 Å². The average molecular weight is 397 g/mol. The second kappa shape index (κ2) is 10.4. The number of benzene rings is 2. The second-order valence-electron chi connectivity index (χ2n) is 5.74. The van der Waals surface area contributed by atoms with Crippen molar-refractivity contribution in [3.8, 4) is 11.5 Å². The van der Waals surface area contributed by atoms with Crippen molar-refractivity contribution in [2.24, 2.45) is 10.7 Å². The third-order valence-corrected chi connectivity index (χ3v) is 3.45. The lowest BCUT2D eigenvalue weighted by molar-refractivity contribution is -0.274. The molecule has 0 unspecified atom stereocenters. The molecule has 9 heteroatoms. The molecular formula is C19H22F3N3O3. The summed E-state index contributed by atoms with van der Waals surface area (Å²) >= 11 is 0. The Labute approximate surface area is 161 Å². The number of nitrogens with two attached hydrogens (primary N) is 1. The minimum Gasteiger partial charge on any atom is -0.493 e. The number of aliphatic imine (C=N–C) groups is 1. The molecule has 3 N–H and O–H groups in total. The lowest BCUT2D eigenvalue weighted by atomic mass is 10.2. The lowest BCUT2D eigenvalue weighted by Crippen LogP contribution is -2.22. The lowest BCUT2D eigenvalue weighted by Gasteiger charge is -2.10. The molecule has 2 aromatic rings. The van der Waals surface area contributed by atoms with Crippen molar-refractivity contribution in [3.05, 3.63) is 54.1 Å². The maximum absolute atomic E-state index is 12.2. The van der Waals surface area contributed by atoms with Crippen LogP contribution in [-0.4, -0.2) is 32.6 Å². The molecule has 2 rings (SSSR count). The summed E-state index contributed by atoms with van der Waals surface area (Å²) in [5, 5.41) is 2.81. The standard InChI is InChI=1S/C19H22F3N3O3/c1-26-10-3-11-27-17-5-2-4-14(12-17)13-24-18(23)25-15-6-8-16(9-7-15)28-19(20,21)22/h2,4-9,12H,3,10-11,13H2,1H3,(H3,23,24,25). The Bertz CT molecular complexity index is 765. The Kier molecular flexibility index (Phi) is 7.94. The zero-order chi connectivity index (χ0) is 20.4. The minimum atomic E-state index is -4.72. The summed E-state index contributed by atoms with van der Waals surface area (Å²) in [6, 6.07) is 12.7. The molecule has 2 aromatic carbocycles. The van der Waals surface area contributed by atoms with Crippen LogP contribution in [0, 0.1) is 0 Å². The summed E-state index contributed by atoms with van der Waals surface area (Å²) in [6.45, 7) is 1.51. The molecule has 28 heavy (non-hydrogen) atoms. The molecule has 0 spiro atoms. The molecule has 0 heterocycles. The van der Waals surface area contributed by atoms with Gasteiger partial charge in [0.05, 0.1) is 13.2 Å². The van der Waals surface area contributed by atoms with Gasteiger partial charge in [-0.2, -0.15) is 0 Å². The van der Waals surface area contributed by atoms with E-state index in [0.29, 0.717) is 25.4 Å². The number of methoxy groups -OCH3 is 1. The van der Waals surface area contributed by atoms with E-state index < -0.39 is 6.36 Å². The first-order chi connectivity index (χ1) is 13.4. The van der Waals surface area contributed by atoms with Gasteiger partial charge in [-0.25, -0.2) is 4.99 Å². The highest BCUT2D eigenvalue weighted by molar-refractivity contribution is 5.92. The van der Waals surface area contributed by atoms with Crippen LogP contribution >= 0.6 is 0 Å². The summed E-state index contributed by atoms with van der Waals surface area (Å²) in [6.07, 6.45) is -3.93. The van der Waals surface area contributed by atoms with E-state index in [4.69, 9.17) is 15.2 Å². The summed E-state index contributed by atoms with van der Waals surface area (Å²) in [4.78, 5) is 4.22. The molecular weight excluding hydrogens is 375 g/mol. The highest BCUT2D eigenvalue weighted by atomic mass is 19.4. The van der Waals surface area contributed by atoms with Gasteiger partial charge in [-0.1, -0.05) is 12.1 Å². The smallest absolute Gasteiger partial charge is 0.493 e. The number of rotatable bonds is 9. The summed E-state index contributed by atoms with van der Waals surface area (Å²) in [5.74, 6) is 0.558. The zero-order valence-electron chi connectivity index (χ0n) is 15.3. The number of ether oxygens (including phenoxy) is 3. The van der Waals surface area contributed by atoms with Crippen LogP contribution in [0.5, 0.6) is 11.5 Å². The van der Waals surface area contributed by atoms with Crippen molar-refractivity contribution < 1.29 is 27.4 Å². The van der Waals surface area contributed by atoms with E-state index in [1.54, 1.807) is 7.11 Å². The number of hydrogen-bond donors (Lipinski definition) is 2. The molecule has 0 radical (unpaired) electrons. The van der Waals surface area contributed by atoms with Crippen LogP contribution in [0.25, 0.3) is 0 Å². The van der Waals surface area contributed by atoms with Crippen molar-refractivity contribution in [2.45, 2.75) is 19.3 Å². The van der Waals surface area contributed by atoms with Crippen LogP contribution < -0.4 is 20.5 Å². The van der Waals surface area contributed by atoms with Gasteiger partial charge in [-0.05, 0) is 42.0 Å². The van der Waals surface area contributed by atoms with Crippen LogP contribution in [-0.2, 0) is 11.3 Å². The highest BCUT2D eigenvalue weighted by Gasteiger charge is 2.30. The van der Waals surface area contributed by atoms with Crippen molar-refractivity contribution >= 4 is 11.6 Å². The van der Waals surface area contributed by atoms with Gasteiger partial charge < -0.3 is 25.3 Å². The molecule has 0 aromatic heterocycles. The third-order valence-electron chi connectivity index (χ3n) is 3.45. The van der Waals surface area contributed by atoms with E-state index >= 15 is 0 Å². The van der Waals surface area contributed by atoms with Gasteiger partial charge >= 0.3 is 6.36 Å². The molecule has 0 bridgehead atoms. The normalized spacial score (nSPS) is 11.9. The molecule has 0 aliphatic carbocycles. The quantitative estimate of drug-likeness (QED) is 0.381. The molecule has 0 fully saturated rings. The number of nitrogens with zero attached hydrogens (tertiary/aromatic N) is 1. The summed E-state index contributed by atoms with van der Waals surface area (Å²) < 4.78 is 50.9. The zero-order valence-corrected chi connectivity index (χ0v) is 15.3. The van der Waals surface area contributed by atoms with E-state index in [2.05, 4.69) is 15.0 Å². The fourth-order valence-electron chi connectivity index (χ4n) is 2.23. The van der Waals surface area contributed by atoms with Gasteiger partial charge in [0.15, 0.2) is 5.96 Å². The first kappa shape index (κ1) is 21.4. The first-order valence-corrected chi connectivity index (χ1v) is 8.49. The van der Waals surface area contributed by atoms with Gasteiger partial charge in [0, 0.05) is 25.8 Å². The average Bonchev–Trinajstić information content (AvgIpc) is 2.64. The molecule has 0 aliphatic heterocycles. The van der Waals surface area contributed by atoms with E-state index in [-0.39, 0.29) is 11.7 Å². The molecule has 0 aliphatic rings. The molecule has 152 valence electrons. The molecule has 6 nitrogen and oxygen atoms in total. The van der Waals surface area contributed by atoms with Crippen LogP contribution in [0.1, 0.15) is 12.0 Å². The molecule has 0 saturated carbocycles. The molecule has 0 amide bonds. The number of anilines is 1. The summed E-state index contributed by atoms with van der Waals surface area (Å²) in [7, 11) is 1.64. The number of nitrogens with one attached hydrogen (secondary N) is 1. The maximum Gasteiger partial charge on any atom is 0.573 e. The van der Waals surface area contributed by atoms with Gasteiger partial charge in [-0.3, -0.25) is 0 Å². The van der Waals surface area contributed by atoms with Gasteiger partial charge in [0.2, 0.25) is 0 Å².